The van der Waals surface area contributed by atoms with E-state index in [1.165, 1.54) is 0 Å². The van der Waals surface area contributed by atoms with Gasteiger partial charge in [-0.2, -0.15) is 0 Å². The van der Waals surface area contributed by atoms with Gasteiger partial charge in [0.1, 0.15) is 0 Å². The third-order valence-electron chi connectivity index (χ3n) is 2.51. The SMILES string of the molecule is C=C1C(C(=O)NC)C(C)CN1C. The van der Waals surface area contributed by atoms with E-state index in [4.69, 9.17) is 0 Å². The minimum Gasteiger partial charge on any atom is -0.377 e. The van der Waals surface area contributed by atoms with Crippen LogP contribution in [0.3, 0.4) is 0 Å². The zero-order chi connectivity index (χ0) is 9.30. The lowest BCUT2D eigenvalue weighted by molar-refractivity contribution is -0.124. The van der Waals surface area contributed by atoms with E-state index in [2.05, 4.69) is 18.8 Å². The largest absolute Gasteiger partial charge is 0.377 e. The average Bonchev–Trinajstić information content (AvgIpc) is 2.26. The van der Waals surface area contributed by atoms with Crippen LogP contribution in [0.15, 0.2) is 12.3 Å². The number of nitrogens with one attached hydrogen (secondary N) is 1. The predicted octanol–water partition coefficient (Wildman–Crippen LogP) is 0.444. The van der Waals surface area contributed by atoms with Gasteiger partial charge in [0.15, 0.2) is 0 Å². The summed E-state index contributed by atoms with van der Waals surface area (Å²) < 4.78 is 0. The van der Waals surface area contributed by atoms with E-state index in [-0.39, 0.29) is 11.8 Å². The van der Waals surface area contributed by atoms with Crippen LogP contribution in [0.4, 0.5) is 0 Å². The molecule has 0 bridgehead atoms. The van der Waals surface area contributed by atoms with Gasteiger partial charge < -0.3 is 10.2 Å². The Morgan fingerprint density at radius 1 is 1.75 bits per heavy atom. The minimum atomic E-state index is -0.0278. The summed E-state index contributed by atoms with van der Waals surface area (Å²) in [6, 6.07) is 0. The fraction of sp³-hybridized carbons (Fsp3) is 0.667. The molecule has 0 radical (unpaired) electrons. The highest BCUT2D eigenvalue weighted by molar-refractivity contribution is 5.81. The molecule has 1 rings (SSSR count). The maximum Gasteiger partial charge on any atom is 0.229 e. The molecular formula is C9H16N2O. The van der Waals surface area contributed by atoms with Crippen LogP contribution in [0.5, 0.6) is 0 Å². The van der Waals surface area contributed by atoms with Crippen LogP contribution >= 0.6 is 0 Å². The zero-order valence-electron chi connectivity index (χ0n) is 7.92. The van der Waals surface area contributed by atoms with Gasteiger partial charge >= 0.3 is 0 Å². The molecule has 0 saturated carbocycles. The first-order valence-corrected chi connectivity index (χ1v) is 4.19. The van der Waals surface area contributed by atoms with E-state index in [0.29, 0.717) is 5.92 Å². The molecule has 68 valence electrons. The van der Waals surface area contributed by atoms with Crippen molar-refractivity contribution in [3.05, 3.63) is 12.3 Å². The third kappa shape index (κ3) is 1.31. The van der Waals surface area contributed by atoms with Gasteiger partial charge in [-0.05, 0) is 5.92 Å². The van der Waals surface area contributed by atoms with E-state index in [9.17, 15) is 4.79 Å². The smallest absolute Gasteiger partial charge is 0.229 e. The molecule has 0 aromatic heterocycles. The molecule has 0 aliphatic carbocycles. The molecule has 0 spiro atoms. The molecule has 1 aliphatic heterocycles. The first kappa shape index (κ1) is 9.10. The summed E-state index contributed by atoms with van der Waals surface area (Å²) in [5.41, 5.74) is 0.932. The molecule has 1 heterocycles. The molecule has 0 aromatic carbocycles. The molecule has 1 amide bonds. The number of nitrogens with zero attached hydrogens (tertiary/aromatic N) is 1. The molecule has 3 heteroatoms. The number of amides is 1. The van der Waals surface area contributed by atoms with Crippen LogP contribution in [0.2, 0.25) is 0 Å². The van der Waals surface area contributed by atoms with Crippen LogP contribution in [-0.4, -0.2) is 31.4 Å². The van der Waals surface area contributed by atoms with Crippen molar-refractivity contribution >= 4 is 5.91 Å². The fourth-order valence-electron chi connectivity index (χ4n) is 1.79. The maximum atomic E-state index is 11.4. The summed E-state index contributed by atoms with van der Waals surface area (Å²) in [6.45, 7) is 6.91. The molecule has 0 aromatic rings. The molecule has 1 aliphatic rings. The topological polar surface area (TPSA) is 32.3 Å². The van der Waals surface area contributed by atoms with Crippen molar-refractivity contribution in [1.29, 1.82) is 0 Å². The van der Waals surface area contributed by atoms with Gasteiger partial charge in [-0.15, -0.1) is 0 Å². The Kier molecular flexibility index (Phi) is 2.40. The molecule has 1 fully saturated rings. The minimum absolute atomic E-state index is 0.0278. The predicted molar refractivity (Wildman–Crippen MR) is 48.5 cm³/mol. The van der Waals surface area contributed by atoms with Crippen molar-refractivity contribution in [3.8, 4) is 0 Å². The van der Waals surface area contributed by atoms with Crippen LogP contribution in [0.1, 0.15) is 6.92 Å². The van der Waals surface area contributed by atoms with Crippen molar-refractivity contribution in [2.75, 3.05) is 20.6 Å². The van der Waals surface area contributed by atoms with Gasteiger partial charge in [0.2, 0.25) is 5.91 Å². The van der Waals surface area contributed by atoms with Crippen LogP contribution in [-0.2, 0) is 4.79 Å². The van der Waals surface area contributed by atoms with E-state index >= 15 is 0 Å². The fourth-order valence-corrected chi connectivity index (χ4v) is 1.79. The first-order valence-electron chi connectivity index (χ1n) is 4.19. The Labute approximate surface area is 73.4 Å². The number of rotatable bonds is 1. The quantitative estimate of drug-likeness (QED) is 0.616. The highest BCUT2D eigenvalue weighted by Gasteiger charge is 2.35. The zero-order valence-corrected chi connectivity index (χ0v) is 7.92. The molecule has 12 heavy (non-hydrogen) atoms. The maximum absolute atomic E-state index is 11.4. The van der Waals surface area contributed by atoms with Crippen LogP contribution < -0.4 is 5.32 Å². The number of hydrogen-bond acceptors (Lipinski definition) is 2. The Hall–Kier alpha value is -0.990. The Balaban J connectivity index is 2.76. The number of carbonyl (C=O) groups excluding carboxylic acids is 1. The second kappa shape index (κ2) is 3.17. The highest BCUT2D eigenvalue weighted by atomic mass is 16.1. The van der Waals surface area contributed by atoms with E-state index in [1.54, 1.807) is 7.05 Å². The van der Waals surface area contributed by atoms with Crippen molar-refractivity contribution in [2.24, 2.45) is 11.8 Å². The van der Waals surface area contributed by atoms with Crippen LogP contribution in [0.25, 0.3) is 0 Å². The first-order chi connectivity index (χ1) is 5.57. The Morgan fingerprint density at radius 2 is 2.33 bits per heavy atom. The molecule has 2 atom stereocenters. The second-order valence-electron chi connectivity index (χ2n) is 3.44. The normalized spacial score (nSPS) is 29.2. The number of likely N-dealkylation sites (tertiary alicyclic amines) is 1. The summed E-state index contributed by atoms with van der Waals surface area (Å²) in [6.07, 6.45) is 0. The molecule has 1 N–H and O–H groups in total. The lowest BCUT2D eigenvalue weighted by atomic mass is 9.95. The standard InChI is InChI=1S/C9H16N2O/c1-6-5-11(4)7(2)8(6)9(12)10-3/h6,8H,2,5H2,1,3-4H3,(H,10,12). The Bertz CT molecular complexity index is 213. The van der Waals surface area contributed by atoms with Crippen molar-refractivity contribution in [2.45, 2.75) is 6.92 Å². The van der Waals surface area contributed by atoms with E-state index < -0.39 is 0 Å². The van der Waals surface area contributed by atoms with Crippen LogP contribution in [0, 0.1) is 11.8 Å². The van der Waals surface area contributed by atoms with Crippen molar-refractivity contribution in [3.63, 3.8) is 0 Å². The lowest BCUT2D eigenvalue weighted by Gasteiger charge is -2.14. The summed E-state index contributed by atoms with van der Waals surface area (Å²) in [5.74, 6) is 0.430. The highest BCUT2D eigenvalue weighted by Crippen LogP contribution is 2.30. The van der Waals surface area contributed by atoms with Gasteiger partial charge in [0, 0.05) is 26.3 Å². The summed E-state index contributed by atoms with van der Waals surface area (Å²) in [7, 11) is 3.64. The van der Waals surface area contributed by atoms with Gasteiger partial charge in [-0.25, -0.2) is 0 Å². The van der Waals surface area contributed by atoms with Gasteiger partial charge in [-0.1, -0.05) is 13.5 Å². The molecule has 2 unspecified atom stereocenters. The summed E-state index contributed by atoms with van der Waals surface area (Å²) in [4.78, 5) is 13.4. The molecule has 3 nitrogen and oxygen atoms in total. The second-order valence-corrected chi connectivity index (χ2v) is 3.44. The number of hydrogen-bond donors (Lipinski definition) is 1. The van der Waals surface area contributed by atoms with E-state index in [0.717, 1.165) is 12.2 Å². The summed E-state index contributed by atoms with van der Waals surface area (Å²) >= 11 is 0. The monoisotopic (exact) mass is 168 g/mol. The van der Waals surface area contributed by atoms with E-state index in [1.807, 2.05) is 11.9 Å². The molecular weight excluding hydrogens is 152 g/mol. The van der Waals surface area contributed by atoms with Gasteiger partial charge in [0.05, 0.1) is 5.92 Å². The third-order valence-corrected chi connectivity index (χ3v) is 2.51. The lowest BCUT2D eigenvalue weighted by Crippen LogP contribution is -2.30. The molecule has 1 saturated heterocycles. The summed E-state index contributed by atoms with van der Waals surface area (Å²) in [5, 5.41) is 2.66. The Morgan fingerprint density at radius 3 is 2.67 bits per heavy atom. The van der Waals surface area contributed by atoms with Gasteiger partial charge in [-0.3, -0.25) is 4.79 Å². The number of carbonyl (C=O) groups is 1. The average molecular weight is 168 g/mol. The van der Waals surface area contributed by atoms with Crippen molar-refractivity contribution in [1.82, 2.24) is 10.2 Å². The van der Waals surface area contributed by atoms with Crippen molar-refractivity contribution < 1.29 is 4.79 Å². The van der Waals surface area contributed by atoms with Gasteiger partial charge in [0.25, 0.3) is 0 Å².